The lowest BCUT2D eigenvalue weighted by Crippen LogP contribution is -2.65. The topological polar surface area (TPSA) is 104 Å². The minimum absolute atomic E-state index is 0.0318. The average molecular weight is 426 g/mol. The Balaban J connectivity index is 0.000000580. The highest BCUT2D eigenvalue weighted by atomic mass is 32.3. The summed E-state index contributed by atoms with van der Waals surface area (Å²) in [6.45, 7) is 12.4. The van der Waals surface area contributed by atoms with Gasteiger partial charge in [0.15, 0.2) is 0 Å². The van der Waals surface area contributed by atoms with E-state index in [1.165, 1.54) is 12.8 Å². The molecule has 1 aliphatic heterocycles. The first-order chi connectivity index (χ1) is 12.8. The molecule has 0 radical (unpaired) electrons. The summed E-state index contributed by atoms with van der Waals surface area (Å²) in [6, 6.07) is 1.09. The molecule has 1 heterocycles. The average Bonchev–Trinajstić information content (AvgIpc) is 2.63. The maximum atomic E-state index is 10.3. The predicted molar refractivity (Wildman–Crippen MR) is 104 cm³/mol. The van der Waals surface area contributed by atoms with Gasteiger partial charge in [0.05, 0.1) is 6.61 Å². The van der Waals surface area contributed by atoms with E-state index in [9.17, 15) is 8.42 Å². The zero-order valence-corrected chi connectivity index (χ0v) is 19.1. The van der Waals surface area contributed by atoms with Crippen LogP contribution in [0.3, 0.4) is 0 Å². The number of hydrogen-bond acceptors (Lipinski definition) is 8. The van der Waals surface area contributed by atoms with Crippen molar-refractivity contribution < 1.29 is 30.4 Å². The fourth-order valence-corrected chi connectivity index (χ4v) is 8.34. The third-order valence-corrected chi connectivity index (χ3v) is 9.74. The molecule has 0 bridgehead atoms. The number of nitrogens with zero attached hydrogens (tertiary/aromatic N) is 1. The highest BCUT2D eigenvalue weighted by Gasteiger charge is 2.58. The van der Waals surface area contributed by atoms with Gasteiger partial charge in [0, 0.05) is 19.8 Å². The Labute approximate surface area is 165 Å². The highest BCUT2D eigenvalue weighted by molar-refractivity contribution is 7.82. The second-order valence-electron chi connectivity index (χ2n) is 6.01. The highest BCUT2D eigenvalue weighted by Crippen LogP contribution is 2.42. The van der Waals surface area contributed by atoms with E-state index >= 15 is 0 Å². The molecule has 0 aromatic heterocycles. The number of ether oxygens (including phenoxy) is 1. The van der Waals surface area contributed by atoms with Crippen molar-refractivity contribution in [3.05, 3.63) is 0 Å². The molecule has 1 aliphatic rings. The third-order valence-electron chi connectivity index (χ3n) is 4.35. The quantitative estimate of drug-likeness (QED) is 0.365. The van der Waals surface area contributed by atoms with E-state index in [1.54, 1.807) is 6.92 Å². The lowest BCUT2D eigenvalue weighted by atomic mass is 10.1. The molecule has 0 amide bonds. The van der Waals surface area contributed by atoms with Gasteiger partial charge in [-0.3, -0.25) is 4.18 Å². The summed E-state index contributed by atoms with van der Waals surface area (Å²) >= 11 is 0. The van der Waals surface area contributed by atoms with Crippen LogP contribution in [0.15, 0.2) is 0 Å². The van der Waals surface area contributed by atoms with E-state index in [-0.39, 0.29) is 11.8 Å². The molecule has 10 heteroatoms. The van der Waals surface area contributed by atoms with E-state index in [0.717, 1.165) is 45.0 Å². The van der Waals surface area contributed by atoms with Gasteiger partial charge in [-0.25, -0.2) is 4.18 Å². The molecule has 8 nitrogen and oxygen atoms in total. The van der Waals surface area contributed by atoms with Crippen molar-refractivity contribution >= 4 is 19.0 Å². The van der Waals surface area contributed by atoms with Crippen LogP contribution in [0.1, 0.15) is 66.7 Å². The predicted octanol–water partition coefficient (Wildman–Crippen LogP) is 3.57. The molecule has 0 N–H and O–H groups in total. The first kappa shape index (κ1) is 26.3. The van der Waals surface area contributed by atoms with Crippen LogP contribution in [0.2, 0.25) is 6.04 Å². The van der Waals surface area contributed by atoms with E-state index in [2.05, 4.69) is 36.1 Å². The van der Waals surface area contributed by atoms with Gasteiger partial charge in [-0.2, -0.15) is 8.42 Å². The van der Waals surface area contributed by atoms with Gasteiger partial charge in [0.2, 0.25) is 0 Å². The Kier molecular flexibility index (Phi) is 13.1. The van der Waals surface area contributed by atoms with Crippen molar-refractivity contribution in [1.29, 1.82) is 5.26 Å². The van der Waals surface area contributed by atoms with Crippen molar-refractivity contribution in [3.8, 4) is 6.26 Å². The number of nitriles is 1. The molecule has 1 unspecified atom stereocenters. The fraction of sp³-hybridized carbons (Fsp3) is 0.941. The zero-order chi connectivity index (χ0) is 20.8. The van der Waals surface area contributed by atoms with Crippen LogP contribution in [0.25, 0.3) is 0 Å². The van der Waals surface area contributed by atoms with Gasteiger partial charge in [-0.15, -0.1) is 5.26 Å². The van der Waals surface area contributed by atoms with Crippen LogP contribution >= 0.6 is 0 Å². The molecule has 1 saturated heterocycles. The molecule has 0 saturated carbocycles. The summed E-state index contributed by atoms with van der Waals surface area (Å²) in [7, 11) is -6.26. The van der Waals surface area contributed by atoms with Gasteiger partial charge in [-0.05, 0) is 46.1 Å². The van der Waals surface area contributed by atoms with E-state index in [0.29, 0.717) is 6.42 Å². The Hall–Kier alpha value is -0.703. The minimum Gasteiger partial charge on any atom is -0.393 e. The van der Waals surface area contributed by atoms with E-state index in [4.69, 9.17) is 18.9 Å². The summed E-state index contributed by atoms with van der Waals surface area (Å²) in [5, 5.41) is 7.65. The Morgan fingerprint density at radius 2 is 1.67 bits per heavy atom. The SMILES string of the molecule is CCCOS(=O)(=O)OC#N.CCOC1(CC)CCCC[Si]1(OCC)OCC. The largest absolute Gasteiger partial charge is 0.459 e. The van der Waals surface area contributed by atoms with Crippen LogP contribution in [0, 0.1) is 11.5 Å². The zero-order valence-electron chi connectivity index (χ0n) is 17.3. The summed E-state index contributed by atoms with van der Waals surface area (Å²) in [5.41, 5.74) is 0. The van der Waals surface area contributed by atoms with Gasteiger partial charge in [0.1, 0.15) is 5.22 Å². The third kappa shape index (κ3) is 8.05. The number of hydrogen-bond donors (Lipinski definition) is 0. The molecule has 1 fully saturated rings. The molecule has 0 aromatic rings. The summed E-state index contributed by atoms with van der Waals surface area (Å²) in [5.74, 6) is 0. The fourth-order valence-electron chi connectivity index (χ4n) is 3.36. The van der Waals surface area contributed by atoms with Crippen molar-refractivity contribution in [2.75, 3.05) is 26.4 Å². The van der Waals surface area contributed by atoms with Crippen LogP contribution in [-0.2, 0) is 32.4 Å². The first-order valence-electron chi connectivity index (χ1n) is 9.71. The maximum Gasteiger partial charge on any atom is 0.459 e. The van der Waals surface area contributed by atoms with Crippen LogP contribution in [0.4, 0.5) is 0 Å². The van der Waals surface area contributed by atoms with Crippen molar-refractivity contribution in [2.45, 2.75) is 78.0 Å². The van der Waals surface area contributed by atoms with E-state index in [1.807, 2.05) is 0 Å². The maximum absolute atomic E-state index is 10.3. The minimum atomic E-state index is -4.05. The summed E-state index contributed by atoms with van der Waals surface area (Å²) < 4.78 is 46.9. The first-order valence-corrected chi connectivity index (χ1v) is 13.1. The van der Waals surface area contributed by atoms with Gasteiger partial charge in [0.25, 0.3) is 0 Å². The van der Waals surface area contributed by atoms with Gasteiger partial charge >= 0.3 is 25.2 Å². The Morgan fingerprint density at radius 3 is 2.11 bits per heavy atom. The number of rotatable bonds is 11. The van der Waals surface area contributed by atoms with Gasteiger partial charge < -0.3 is 13.6 Å². The second-order valence-corrected chi connectivity index (χ2v) is 10.7. The molecular formula is C17H35NO7SSi. The van der Waals surface area contributed by atoms with Crippen LogP contribution in [-0.4, -0.2) is 48.6 Å². The summed E-state index contributed by atoms with van der Waals surface area (Å²) in [4.78, 5) is 0. The van der Waals surface area contributed by atoms with Crippen molar-refractivity contribution in [2.24, 2.45) is 0 Å². The molecule has 1 atom stereocenters. The molecule has 0 spiro atoms. The monoisotopic (exact) mass is 425 g/mol. The van der Waals surface area contributed by atoms with Crippen molar-refractivity contribution in [3.63, 3.8) is 0 Å². The lowest BCUT2D eigenvalue weighted by molar-refractivity contribution is -0.0426. The molecular weight excluding hydrogens is 390 g/mol. The Bertz CT molecular complexity index is 522. The molecule has 27 heavy (non-hydrogen) atoms. The Morgan fingerprint density at radius 1 is 1.04 bits per heavy atom. The van der Waals surface area contributed by atoms with Gasteiger partial charge in [-0.1, -0.05) is 26.7 Å². The molecule has 0 aliphatic carbocycles. The standard InChI is InChI=1S/C13H28O3Si.C4H7NO4S/c1-5-13(14-6-2)11-9-10-12-17(13,15-7-3)16-8-4;1-2-3-8-10(6,7)9-4-5/h5-12H2,1-4H3;2-3H2,1H3. The van der Waals surface area contributed by atoms with Crippen LogP contribution < -0.4 is 0 Å². The second kappa shape index (κ2) is 13.5. The summed E-state index contributed by atoms with van der Waals surface area (Å²) in [6.07, 6.45) is 6.12. The molecule has 160 valence electrons. The van der Waals surface area contributed by atoms with Crippen molar-refractivity contribution in [1.82, 2.24) is 0 Å². The molecule has 1 rings (SSSR count). The smallest absolute Gasteiger partial charge is 0.393 e. The van der Waals surface area contributed by atoms with E-state index < -0.39 is 19.0 Å². The lowest BCUT2D eigenvalue weighted by Gasteiger charge is -2.49. The molecule has 0 aromatic carbocycles. The normalized spacial score (nSPS) is 21.6. The van der Waals surface area contributed by atoms with Crippen LogP contribution in [0.5, 0.6) is 0 Å².